The zero-order valence-electron chi connectivity index (χ0n) is 20.5. The Morgan fingerprint density at radius 1 is 1.17 bits per heavy atom. The lowest BCUT2D eigenvalue weighted by Gasteiger charge is -2.47. The zero-order valence-corrected chi connectivity index (χ0v) is 22.3. The molecular formula is C23H31F3N2O5SSi. The summed E-state index contributed by atoms with van der Waals surface area (Å²) in [6.07, 6.45) is -5.16. The molecule has 1 saturated carbocycles. The van der Waals surface area contributed by atoms with Gasteiger partial charge in [0.05, 0.1) is 17.5 Å². The maximum atomic E-state index is 14.9. The van der Waals surface area contributed by atoms with Crippen molar-refractivity contribution in [2.45, 2.75) is 70.2 Å². The van der Waals surface area contributed by atoms with Gasteiger partial charge in [0.15, 0.2) is 0 Å². The number of amides is 1. The molecule has 12 heteroatoms. The Kier molecular flexibility index (Phi) is 7.67. The Bertz CT molecular complexity index is 1120. The number of hydrogen-bond donors (Lipinski definition) is 0. The second kappa shape index (κ2) is 9.76. The van der Waals surface area contributed by atoms with Gasteiger partial charge in [0.2, 0.25) is 0 Å². The van der Waals surface area contributed by atoms with Gasteiger partial charge in [-0.15, -0.1) is 0 Å². The van der Waals surface area contributed by atoms with E-state index in [1.54, 1.807) is 0 Å². The molecule has 1 heterocycles. The van der Waals surface area contributed by atoms with Crippen molar-refractivity contribution in [2.24, 2.45) is 5.92 Å². The molecule has 0 radical (unpaired) electrons. The average molecular weight is 533 g/mol. The number of ether oxygens (including phenoxy) is 1. The van der Waals surface area contributed by atoms with Gasteiger partial charge < -0.3 is 4.74 Å². The first kappa shape index (κ1) is 27.5. The molecule has 1 atom stereocenters. The van der Waals surface area contributed by atoms with E-state index >= 15 is 0 Å². The van der Waals surface area contributed by atoms with Crippen LogP contribution in [0.25, 0.3) is 0 Å². The maximum Gasteiger partial charge on any atom is 0.433 e. The number of benzene rings is 1. The Morgan fingerprint density at radius 2 is 1.77 bits per heavy atom. The van der Waals surface area contributed by atoms with E-state index in [4.69, 9.17) is 8.92 Å². The topological polar surface area (TPSA) is 76.2 Å². The van der Waals surface area contributed by atoms with Crippen molar-refractivity contribution in [2.75, 3.05) is 22.5 Å². The summed E-state index contributed by atoms with van der Waals surface area (Å²) in [6, 6.07) is 6.22. The molecule has 0 aromatic heterocycles. The number of fused-ring (bicyclic) bond motifs is 1. The average Bonchev–Trinajstić information content (AvgIpc) is 3.52. The highest BCUT2D eigenvalue weighted by Gasteiger charge is 2.71. The quantitative estimate of drug-likeness (QED) is 0.279. The molecule has 1 amide bonds. The van der Waals surface area contributed by atoms with Gasteiger partial charge in [-0.1, -0.05) is 43.6 Å². The van der Waals surface area contributed by atoms with Gasteiger partial charge in [0, 0.05) is 20.6 Å². The summed E-state index contributed by atoms with van der Waals surface area (Å²) in [5.41, 5.74) is -4.08. The van der Waals surface area contributed by atoms with E-state index in [1.165, 1.54) is 38.1 Å². The summed E-state index contributed by atoms with van der Waals surface area (Å²) in [7, 11) is -6.58. The first-order valence-corrected chi connectivity index (χ1v) is 16.5. The highest BCUT2D eigenvalue weighted by molar-refractivity contribution is 7.88. The van der Waals surface area contributed by atoms with Gasteiger partial charge in [-0.2, -0.15) is 21.6 Å². The number of halogens is 3. The third-order valence-electron chi connectivity index (χ3n) is 5.45. The standard InChI is InChI=1S/C23H31F3N2O5SSi/c1-17(2)33-34(30,31)28-20-9-7-6-8-19(20)27(16-32-14-15-35(3,4)5)21(29)22(28,23(24,25)26)13-12-18-10-11-18/h6-9,17-18H,10-11,14-16H2,1-5H3. The van der Waals surface area contributed by atoms with Crippen molar-refractivity contribution < 1.29 is 35.3 Å². The van der Waals surface area contributed by atoms with Crippen LogP contribution < -0.4 is 9.21 Å². The highest BCUT2D eigenvalue weighted by Crippen LogP contribution is 2.49. The summed E-state index contributed by atoms with van der Waals surface area (Å²) >= 11 is 0. The lowest BCUT2D eigenvalue weighted by molar-refractivity contribution is -0.176. The normalized spacial score (nSPS) is 21.1. The first-order chi connectivity index (χ1) is 16.1. The molecule has 2 aliphatic rings. The van der Waals surface area contributed by atoms with E-state index in [1.807, 2.05) is 0 Å². The number of hydrogen-bond acceptors (Lipinski definition) is 5. The van der Waals surface area contributed by atoms with Gasteiger partial charge in [-0.3, -0.25) is 13.9 Å². The van der Waals surface area contributed by atoms with Gasteiger partial charge in [-0.05, 0) is 44.9 Å². The van der Waals surface area contributed by atoms with Crippen LogP contribution >= 0.6 is 0 Å². The first-order valence-electron chi connectivity index (χ1n) is 11.4. The molecule has 0 N–H and O–H groups in total. The second-order valence-corrected chi connectivity index (χ2v) is 17.2. The number of carbonyl (C=O) groups is 1. The molecule has 0 saturated heterocycles. The molecule has 35 heavy (non-hydrogen) atoms. The Hall–Kier alpha value is -2.07. The van der Waals surface area contributed by atoms with Crippen LogP contribution in [0, 0.1) is 17.8 Å². The predicted octanol–water partition coefficient (Wildman–Crippen LogP) is 4.54. The van der Waals surface area contributed by atoms with E-state index in [0.717, 1.165) is 10.9 Å². The molecule has 1 aliphatic heterocycles. The summed E-state index contributed by atoms with van der Waals surface area (Å²) in [5, 5.41) is 0. The molecule has 7 nitrogen and oxygen atoms in total. The maximum absolute atomic E-state index is 14.9. The van der Waals surface area contributed by atoms with Crippen LogP contribution in [0.3, 0.4) is 0 Å². The van der Waals surface area contributed by atoms with Crippen LogP contribution in [-0.2, 0) is 24.0 Å². The Labute approximate surface area is 205 Å². The molecule has 1 aromatic carbocycles. The third-order valence-corrected chi connectivity index (χ3v) is 8.70. The van der Waals surface area contributed by atoms with Gasteiger partial charge in [0.1, 0.15) is 6.73 Å². The van der Waals surface area contributed by atoms with Crippen LogP contribution in [0.15, 0.2) is 24.3 Å². The number of rotatable bonds is 8. The van der Waals surface area contributed by atoms with E-state index < -0.39 is 48.8 Å². The molecule has 0 bridgehead atoms. The molecule has 1 aliphatic carbocycles. The SMILES string of the molecule is CC(C)OS(=O)(=O)N1c2ccccc2N(COCC[Si](C)(C)C)C(=O)C1(C#CC1CC1)C(F)(F)F. The lowest BCUT2D eigenvalue weighted by Crippen LogP contribution is -2.71. The van der Waals surface area contributed by atoms with E-state index in [-0.39, 0.29) is 28.2 Å². The Balaban J connectivity index is 2.20. The van der Waals surface area contributed by atoms with Gasteiger partial charge in [-0.25, -0.2) is 4.31 Å². The van der Waals surface area contributed by atoms with Crippen molar-refractivity contribution in [3.05, 3.63) is 24.3 Å². The van der Waals surface area contributed by atoms with Gasteiger partial charge in [0.25, 0.3) is 11.4 Å². The summed E-state index contributed by atoms with van der Waals surface area (Å²) in [4.78, 5) is 14.5. The smallest absolute Gasteiger partial charge is 0.361 e. The van der Waals surface area contributed by atoms with E-state index in [2.05, 4.69) is 31.5 Å². The predicted molar refractivity (Wildman–Crippen MR) is 130 cm³/mol. The Morgan fingerprint density at radius 3 is 2.29 bits per heavy atom. The third kappa shape index (κ3) is 5.85. The van der Waals surface area contributed by atoms with Crippen LogP contribution in [0.4, 0.5) is 24.5 Å². The molecular weight excluding hydrogens is 501 g/mol. The van der Waals surface area contributed by atoms with E-state index in [0.29, 0.717) is 12.8 Å². The highest BCUT2D eigenvalue weighted by atomic mass is 32.2. The largest absolute Gasteiger partial charge is 0.433 e. The monoisotopic (exact) mass is 532 g/mol. The fourth-order valence-corrected chi connectivity index (χ4v) is 5.81. The zero-order chi connectivity index (χ0) is 26.2. The molecule has 3 rings (SSSR count). The minimum absolute atomic E-state index is 0.00557. The van der Waals surface area contributed by atoms with Gasteiger partial charge >= 0.3 is 16.5 Å². The van der Waals surface area contributed by atoms with Crippen LogP contribution in [-0.4, -0.2) is 53.6 Å². The molecule has 194 valence electrons. The summed E-state index contributed by atoms with van der Waals surface area (Å²) in [6.45, 7) is 8.90. The fraction of sp³-hybridized carbons (Fsp3) is 0.609. The van der Waals surface area contributed by atoms with Crippen molar-refractivity contribution in [3.8, 4) is 11.8 Å². The number of para-hydroxylation sites is 2. The minimum atomic E-state index is -5.37. The molecule has 0 spiro atoms. The lowest BCUT2D eigenvalue weighted by atomic mass is 9.92. The molecule has 1 fully saturated rings. The minimum Gasteiger partial charge on any atom is -0.361 e. The summed E-state index contributed by atoms with van der Waals surface area (Å²) < 4.78 is 81.8. The number of nitrogens with zero attached hydrogens (tertiary/aromatic N) is 2. The van der Waals surface area contributed by atoms with Crippen molar-refractivity contribution in [1.29, 1.82) is 0 Å². The van der Waals surface area contributed by atoms with Crippen LogP contribution in [0.1, 0.15) is 26.7 Å². The van der Waals surface area contributed by atoms with Crippen molar-refractivity contribution >= 4 is 35.7 Å². The fourth-order valence-electron chi connectivity index (χ4n) is 3.52. The van der Waals surface area contributed by atoms with Crippen LogP contribution in [0.5, 0.6) is 0 Å². The van der Waals surface area contributed by atoms with Crippen molar-refractivity contribution in [3.63, 3.8) is 0 Å². The molecule has 1 unspecified atom stereocenters. The van der Waals surface area contributed by atoms with Crippen molar-refractivity contribution in [1.82, 2.24) is 0 Å². The summed E-state index contributed by atoms with van der Waals surface area (Å²) in [5.74, 6) is 2.67. The van der Waals surface area contributed by atoms with Crippen LogP contribution in [0.2, 0.25) is 25.7 Å². The second-order valence-electron chi connectivity index (χ2n) is 10.2. The number of carbonyl (C=O) groups excluding carboxylic acids is 1. The number of anilines is 2. The number of alkyl halides is 3. The molecule has 1 aromatic rings. The van der Waals surface area contributed by atoms with E-state index in [9.17, 15) is 26.4 Å².